The van der Waals surface area contributed by atoms with E-state index in [-0.39, 0.29) is 5.97 Å². The molecule has 7 heteroatoms. The van der Waals surface area contributed by atoms with E-state index < -0.39 is 17.5 Å². The van der Waals surface area contributed by atoms with Crippen molar-refractivity contribution in [1.82, 2.24) is 0 Å². The Labute approximate surface area is 191 Å². The molecule has 1 spiro atoms. The number of methoxy groups -OCH3 is 2. The molecule has 0 radical (unpaired) electrons. The van der Waals surface area contributed by atoms with Gasteiger partial charge in [-0.15, -0.1) is 0 Å². The second kappa shape index (κ2) is 7.25. The van der Waals surface area contributed by atoms with Crippen LogP contribution in [0.15, 0.2) is 40.3 Å². The summed E-state index contributed by atoms with van der Waals surface area (Å²) < 4.78 is 30.5. The maximum Gasteiger partial charge on any atom is 0.341 e. The van der Waals surface area contributed by atoms with E-state index in [1.54, 1.807) is 25.6 Å². The van der Waals surface area contributed by atoms with E-state index in [1.165, 1.54) is 6.42 Å². The molecule has 3 aliphatic heterocycles. The number of carbonyl (C=O) groups is 1. The molecule has 2 atom stereocenters. The first kappa shape index (κ1) is 20.1. The van der Waals surface area contributed by atoms with Gasteiger partial charge < -0.3 is 23.7 Å². The van der Waals surface area contributed by atoms with Gasteiger partial charge in [-0.2, -0.15) is 11.3 Å². The van der Waals surface area contributed by atoms with E-state index in [9.17, 15) is 4.79 Å². The van der Waals surface area contributed by atoms with Crippen molar-refractivity contribution in [3.63, 3.8) is 0 Å². The summed E-state index contributed by atoms with van der Waals surface area (Å²) in [6.07, 6.45) is 5.67. The lowest BCUT2D eigenvalue weighted by molar-refractivity contribution is -0.278. The van der Waals surface area contributed by atoms with Crippen LogP contribution in [0.2, 0.25) is 0 Å². The zero-order valence-electron chi connectivity index (χ0n) is 18.3. The van der Waals surface area contributed by atoms with Crippen molar-refractivity contribution in [3.8, 4) is 11.5 Å². The fraction of sp³-hybridized carbons (Fsp3) is 0.480. The van der Waals surface area contributed by atoms with Crippen LogP contribution in [0.25, 0.3) is 0 Å². The molecular weight excluding hydrogens is 428 g/mol. The molecule has 4 heterocycles. The highest BCUT2D eigenvalue weighted by Gasteiger charge is 2.56. The van der Waals surface area contributed by atoms with Gasteiger partial charge in [0.25, 0.3) is 0 Å². The Bertz CT molecular complexity index is 1100. The third kappa shape index (κ3) is 2.90. The maximum atomic E-state index is 13.4. The normalized spacial score (nSPS) is 27.8. The summed E-state index contributed by atoms with van der Waals surface area (Å²) in [5, 5.41) is 4.09. The van der Waals surface area contributed by atoms with E-state index in [1.807, 2.05) is 23.6 Å². The van der Waals surface area contributed by atoms with Gasteiger partial charge in [-0.25, -0.2) is 4.79 Å². The Morgan fingerprint density at radius 3 is 2.53 bits per heavy atom. The predicted molar refractivity (Wildman–Crippen MR) is 118 cm³/mol. The van der Waals surface area contributed by atoms with Gasteiger partial charge in [-0.1, -0.05) is 6.42 Å². The topological polar surface area (TPSA) is 63.2 Å². The van der Waals surface area contributed by atoms with Crippen LogP contribution in [0.4, 0.5) is 0 Å². The molecule has 0 saturated heterocycles. The van der Waals surface area contributed by atoms with Gasteiger partial charge >= 0.3 is 5.97 Å². The summed E-state index contributed by atoms with van der Waals surface area (Å²) in [6.45, 7) is 0. The zero-order chi connectivity index (χ0) is 21.9. The third-order valence-corrected chi connectivity index (χ3v) is 7.93. The molecule has 1 aromatic heterocycles. The fourth-order valence-electron chi connectivity index (χ4n) is 5.67. The van der Waals surface area contributed by atoms with Gasteiger partial charge in [0.2, 0.25) is 5.79 Å². The summed E-state index contributed by atoms with van der Waals surface area (Å²) in [4.78, 5) is 13.4. The lowest BCUT2D eigenvalue weighted by atomic mass is 9.77. The van der Waals surface area contributed by atoms with Crippen LogP contribution in [-0.2, 0) is 31.2 Å². The minimum atomic E-state index is -0.969. The number of ether oxygens (including phenoxy) is 5. The van der Waals surface area contributed by atoms with Gasteiger partial charge in [0.05, 0.1) is 14.2 Å². The second-order valence-electron chi connectivity index (χ2n) is 9.09. The highest BCUT2D eigenvalue weighted by molar-refractivity contribution is 7.08. The molecular formula is C25H26O6S. The number of hydrogen-bond acceptors (Lipinski definition) is 7. The number of rotatable bonds is 3. The van der Waals surface area contributed by atoms with Crippen molar-refractivity contribution in [2.75, 3.05) is 14.2 Å². The smallest absolute Gasteiger partial charge is 0.341 e. The molecule has 2 aromatic rings. The van der Waals surface area contributed by atoms with Crippen molar-refractivity contribution < 1.29 is 28.5 Å². The predicted octanol–water partition coefficient (Wildman–Crippen LogP) is 5.17. The van der Waals surface area contributed by atoms with Crippen molar-refractivity contribution >= 4 is 17.3 Å². The van der Waals surface area contributed by atoms with Crippen LogP contribution >= 0.6 is 11.3 Å². The third-order valence-electron chi connectivity index (χ3n) is 7.25. The molecule has 6 rings (SSSR count). The van der Waals surface area contributed by atoms with Crippen LogP contribution in [0.1, 0.15) is 61.3 Å². The molecule has 1 unspecified atom stereocenters. The van der Waals surface area contributed by atoms with Crippen LogP contribution in [0.5, 0.6) is 11.5 Å². The molecule has 2 bridgehead atoms. The monoisotopic (exact) mass is 454 g/mol. The van der Waals surface area contributed by atoms with E-state index in [0.29, 0.717) is 29.9 Å². The first-order valence-corrected chi connectivity index (χ1v) is 12.1. The van der Waals surface area contributed by atoms with Crippen molar-refractivity contribution in [2.45, 2.75) is 62.4 Å². The van der Waals surface area contributed by atoms with Crippen LogP contribution in [0.3, 0.4) is 0 Å². The molecule has 1 aliphatic carbocycles. The summed E-state index contributed by atoms with van der Waals surface area (Å²) in [5.41, 5.74) is 2.93. The van der Waals surface area contributed by atoms with Crippen LogP contribution in [0, 0.1) is 0 Å². The van der Waals surface area contributed by atoms with Gasteiger partial charge in [0.15, 0.2) is 11.5 Å². The molecule has 6 nitrogen and oxygen atoms in total. The minimum absolute atomic E-state index is 0.320. The van der Waals surface area contributed by atoms with E-state index in [0.717, 1.165) is 48.1 Å². The summed E-state index contributed by atoms with van der Waals surface area (Å²) in [5.74, 6) is 0.697. The Morgan fingerprint density at radius 1 is 1.03 bits per heavy atom. The molecule has 1 aromatic carbocycles. The van der Waals surface area contributed by atoms with Gasteiger partial charge in [-0.05, 0) is 60.4 Å². The number of thiophene rings is 1. The molecule has 1 saturated carbocycles. The van der Waals surface area contributed by atoms with E-state index in [4.69, 9.17) is 23.7 Å². The van der Waals surface area contributed by atoms with Crippen LogP contribution < -0.4 is 9.47 Å². The second-order valence-corrected chi connectivity index (χ2v) is 9.87. The van der Waals surface area contributed by atoms with E-state index >= 15 is 0 Å². The maximum absolute atomic E-state index is 13.4. The lowest BCUT2D eigenvalue weighted by Crippen LogP contribution is -2.50. The Morgan fingerprint density at radius 2 is 1.81 bits per heavy atom. The molecule has 4 aliphatic rings. The summed E-state index contributed by atoms with van der Waals surface area (Å²) in [7, 11) is 3.23. The first-order valence-electron chi connectivity index (χ1n) is 11.2. The quantitative estimate of drug-likeness (QED) is 0.597. The standard InChI is InChI=1S/C25H26O6S/c1-27-18-10-15-12-25(16-6-9-32-14-16)29-20-13-24(7-4-3-5-8-24)31-23(26)21(20)22(30-25)17(15)11-19(18)28-2/h6,9-11,14,22H,3-5,7-8,12-13H2,1-2H3/t22?,25-/m0/s1. The van der Waals surface area contributed by atoms with Gasteiger partial charge in [-0.3, -0.25) is 0 Å². The number of benzene rings is 1. The number of fused-ring (bicyclic) bond motifs is 5. The summed E-state index contributed by atoms with van der Waals surface area (Å²) in [6, 6.07) is 5.93. The molecule has 32 heavy (non-hydrogen) atoms. The highest BCUT2D eigenvalue weighted by atomic mass is 32.1. The average Bonchev–Trinajstić information content (AvgIpc) is 3.34. The van der Waals surface area contributed by atoms with Crippen molar-refractivity contribution in [3.05, 3.63) is 57.0 Å². The average molecular weight is 455 g/mol. The Hall–Kier alpha value is -2.51. The van der Waals surface area contributed by atoms with Crippen LogP contribution in [-0.4, -0.2) is 25.8 Å². The molecule has 0 amide bonds. The molecule has 168 valence electrons. The largest absolute Gasteiger partial charge is 0.493 e. The van der Waals surface area contributed by atoms with Gasteiger partial charge in [0.1, 0.15) is 23.0 Å². The molecule has 0 N–H and O–H groups in total. The summed E-state index contributed by atoms with van der Waals surface area (Å²) >= 11 is 1.61. The van der Waals surface area contributed by atoms with Crippen molar-refractivity contribution in [2.24, 2.45) is 0 Å². The minimum Gasteiger partial charge on any atom is -0.493 e. The number of hydrogen-bond donors (Lipinski definition) is 0. The number of esters is 1. The highest BCUT2D eigenvalue weighted by Crippen LogP contribution is 2.56. The number of carbonyl (C=O) groups excluding carboxylic acids is 1. The fourth-order valence-corrected chi connectivity index (χ4v) is 6.38. The lowest BCUT2D eigenvalue weighted by Gasteiger charge is -2.50. The Balaban J connectivity index is 1.52. The zero-order valence-corrected chi connectivity index (χ0v) is 19.1. The van der Waals surface area contributed by atoms with Gasteiger partial charge in [0, 0.05) is 23.8 Å². The first-order chi connectivity index (χ1) is 15.6. The van der Waals surface area contributed by atoms with E-state index in [2.05, 4.69) is 5.38 Å². The SMILES string of the molecule is COc1cc2c(cc1OC)C1O[C@](c3ccsc3)(C2)OC2=C1C(=O)OC1(CCCCC1)C2. The molecule has 1 fully saturated rings. The van der Waals surface area contributed by atoms with Crippen molar-refractivity contribution in [1.29, 1.82) is 0 Å². The Kier molecular flexibility index (Phi) is 4.56.